The van der Waals surface area contributed by atoms with Crippen LogP contribution in [-0.2, 0) is 10.8 Å². The summed E-state index contributed by atoms with van der Waals surface area (Å²) in [5.41, 5.74) is 21.7. The average Bonchev–Trinajstić information content (AvgIpc) is 4.41. The molecule has 1 saturated carbocycles. The smallest absolute Gasteiger partial charge is 0.0726 e. The molecule has 0 aromatic heterocycles. The van der Waals surface area contributed by atoms with Crippen LogP contribution in [0.4, 0.5) is 17.1 Å². The molecule has 0 unspecified atom stereocenters. The van der Waals surface area contributed by atoms with E-state index in [0.29, 0.717) is 0 Å². The molecule has 350 valence electrons. The largest absolute Gasteiger partial charge is 0.310 e. The average molecular weight is 952 g/mol. The molecule has 0 saturated heterocycles. The lowest BCUT2D eigenvalue weighted by atomic mass is 9.70. The van der Waals surface area contributed by atoms with Crippen molar-refractivity contribution < 1.29 is 0 Å². The van der Waals surface area contributed by atoms with Crippen LogP contribution in [0.15, 0.2) is 249 Å². The van der Waals surface area contributed by atoms with Gasteiger partial charge in [-0.1, -0.05) is 225 Å². The monoisotopic (exact) mass is 951 g/mol. The zero-order chi connectivity index (χ0) is 49.0. The van der Waals surface area contributed by atoms with Crippen LogP contribution in [0.1, 0.15) is 59.1 Å². The van der Waals surface area contributed by atoms with Gasteiger partial charge in [0.2, 0.25) is 0 Å². The first-order valence-electron chi connectivity index (χ1n) is 27.0. The maximum absolute atomic E-state index is 2.72. The molecule has 0 bridgehead atoms. The van der Waals surface area contributed by atoms with E-state index in [0.717, 1.165) is 18.5 Å². The van der Waals surface area contributed by atoms with Gasteiger partial charge in [-0.3, -0.25) is 0 Å². The highest BCUT2D eigenvalue weighted by Gasteiger charge is 2.53. The van der Waals surface area contributed by atoms with Crippen LogP contribution in [-0.4, -0.2) is 0 Å². The second-order valence-corrected chi connectivity index (χ2v) is 21.7. The van der Waals surface area contributed by atoms with Crippen molar-refractivity contribution in [3.63, 3.8) is 0 Å². The van der Waals surface area contributed by atoms with E-state index >= 15 is 0 Å². The lowest BCUT2D eigenvalue weighted by molar-refractivity contribution is 0.550. The molecule has 1 fully saturated rings. The number of hydrogen-bond donors (Lipinski definition) is 0. The van der Waals surface area contributed by atoms with E-state index in [4.69, 9.17) is 0 Å². The zero-order valence-electron chi connectivity index (χ0n) is 41.4. The van der Waals surface area contributed by atoms with Crippen LogP contribution in [0.5, 0.6) is 0 Å². The van der Waals surface area contributed by atoms with Crippen LogP contribution < -0.4 is 4.90 Å². The van der Waals surface area contributed by atoms with E-state index in [1.807, 2.05) is 0 Å². The Kier molecular flexibility index (Phi) is 8.43. The predicted octanol–water partition coefficient (Wildman–Crippen LogP) is 19.8. The molecule has 1 nitrogen and oxygen atoms in total. The van der Waals surface area contributed by atoms with Gasteiger partial charge in [-0.05, 0) is 175 Å². The maximum atomic E-state index is 2.72. The van der Waals surface area contributed by atoms with E-state index in [9.17, 15) is 0 Å². The van der Waals surface area contributed by atoms with Crippen LogP contribution in [0.3, 0.4) is 0 Å². The fourth-order valence-electron chi connectivity index (χ4n) is 15.4. The minimum atomic E-state index is -0.527. The number of hydrogen-bond acceptors (Lipinski definition) is 1. The Labute approximate surface area is 436 Å². The molecule has 17 rings (SSSR count). The van der Waals surface area contributed by atoms with Gasteiger partial charge in [-0.2, -0.15) is 0 Å². The number of fused-ring (bicyclic) bond motifs is 24. The molecule has 75 heavy (non-hydrogen) atoms. The highest BCUT2D eigenvalue weighted by atomic mass is 15.2. The lowest BCUT2D eigenvalue weighted by Crippen LogP contribution is -2.27. The predicted molar refractivity (Wildman–Crippen MR) is 315 cm³/mol. The molecule has 1 heteroatoms. The lowest BCUT2D eigenvalue weighted by Gasteiger charge is -2.36. The van der Waals surface area contributed by atoms with E-state index in [-0.39, 0.29) is 5.41 Å². The summed E-state index contributed by atoms with van der Waals surface area (Å²) in [6, 6.07) is 95.6. The van der Waals surface area contributed by atoms with Gasteiger partial charge < -0.3 is 4.90 Å². The number of nitrogens with zero attached hydrogens (tertiary/aromatic N) is 1. The first-order chi connectivity index (χ1) is 37.2. The van der Waals surface area contributed by atoms with Crippen molar-refractivity contribution in [3.05, 3.63) is 282 Å². The van der Waals surface area contributed by atoms with Crippen molar-refractivity contribution in [2.75, 3.05) is 4.90 Å². The van der Waals surface area contributed by atoms with Gasteiger partial charge in [-0.25, -0.2) is 0 Å². The highest BCUT2D eigenvalue weighted by molar-refractivity contribution is 6.26. The van der Waals surface area contributed by atoms with Gasteiger partial charge in [0.25, 0.3) is 0 Å². The molecule has 0 heterocycles. The van der Waals surface area contributed by atoms with Crippen LogP contribution in [0.2, 0.25) is 0 Å². The fraction of sp³-hybridized carbons (Fsp3) is 0.0811. The molecule has 13 aromatic rings. The van der Waals surface area contributed by atoms with Gasteiger partial charge in [0.15, 0.2) is 0 Å². The summed E-state index contributed by atoms with van der Waals surface area (Å²) in [4.78, 5) is 2.72. The maximum Gasteiger partial charge on any atom is 0.0726 e. The number of benzene rings is 13. The second-order valence-electron chi connectivity index (χ2n) is 21.7. The van der Waals surface area contributed by atoms with Gasteiger partial charge in [0.1, 0.15) is 0 Å². The fourth-order valence-corrected chi connectivity index (χ4v) is 15.4. The van der Waals surface area contributed by atoms with Crippen LogP contribution in [0.25, 0.3) is 98.4 Å². The third-order valence-corrected chi connectivity index (χ3v) is 18.3. The van der Waals surface area contributed by atoms with Crippen molar-refractivity contribution in [1.29, 1.82) is 0 Å². The normalized spacial score (nSPS) is 14.9. The molecule has 0 N–H and O–H groups in total. The molecule has 2 spiro atoms. The summed E-state index contributed by atoms with van der Waals surface area (Å²) in [6.45, 7) is 0. The molecular formula is C74H49N. The molecule has 0 amide bonds. The number of anilines is 3. The molecule has 0 radical (unpaired) electrons. The molecule has 0 aliphatic heterocycles. The van der Waals surface area contributed by atoms with Crippen LogP contribution in [0, 0.1) is 0 Å². The summed E-state index contributed by atoms with van der Waals surface area (Å²) in [6.07, 6.45) is 4.70. The standard InChI is InChI=1S/C74H49N/c1-2-19-50-46(18-1)34-35-47-42-48(36-38-51(47)50)62-44-64-60-27-10-14-32-68(60)74(66-30-12-8-24-57(66)58-25-9-13-31-67(58)74)69(64)45-71(62)75(70-33-17-28-61-59-26-7-11-29-65(59)73(72(61)70)40-15-16-41-73)49-37-39-56-54-22-4-3-20-52(54)53-21-5-6-23-55(53)63(56)43-49/h1-14,17-39,42-45H,15-16,40-41H2. The summed E-state index contributed by atoms with van der Waals surface area (Å²) >= 11 is 0. The Morgan fingerprint density at radius 3 is 1.44 bits per heavy atom. The van der Waals surface area contributed by atoms with E-state index in [1.54, 1.807) is 0 Å². The summed E-state index contributed by atoms with van der Waals surface area (Å²) in [7, 11) is 0. The third-order valence-electron chi connectivity index (χ3n) is 18.3. The SMILES string of the molecule is c1ccc2c(c1)-c1cccc(N(c3ccc4c5ccccc5c5ccccc5c4c3)c3cc4c(cc3-c3ccc5c(ccc6ccccc65)c3)-c3ccccc3C43c4ccccc4-c4ccccc43)c1C21CCCC1. The Balaban J connectivity index is 1.04. The first-order valence-corrected chi connectivity index (χ1v) is 27.0. The van der Waals surface area contributed by atoms with Crippen LogP contribution >= 0.6 is 0 Å². The minimum absolute atomic E-state index is 0.0950. The van der Waals surface area contributed by atoms with Gasteiger partial charge in [0.05, 0.1) is 16.8 Å². The van der Waals surface area contributed by atoms with Crippen molar-refractivity contribution >= 4 is 70.9 Å². The molecule has 4 aliphatic rings. The van der Waals surface area contributed by atoms with Gasteiger partial charge in [-0.15, -0.1) is 0 Å². The molecule has 13 aromatic carbocycles. The van der Waals surface area contributed by atoms with Crippen molar-refractivity contribution in [2.45, 2.75) is 36.5 Å². The van der Waals surface area contributed by atoms with Gasteiger partial charge >= 0.3 is 0 Å². The Morgan fingerprint density at radius 2 is 0.773 bits per heavy atom. The first kappa shape index (κ1) is 41.4. The van der Waals surface area contributed by atoms with Crippen molar-refractivity contribution in [2.24, 2.45) is 0 Å². The highest BCUT2D eigenvalue weighted by Crippen LogP contribution is 2.66. The zero-order valence-corrected chi connectivity index (χ0v) is 41.4. The topological polar surface area (TPSA) is 3.24 Å². The number of rotatable bonds is 4. The Bertz CT molecular complexity index is 4540. The minimum Gasteiger partial charge on any atom is -0.310 e. The quantitative estimate of drug-likeness (QED) is 0.159. The van der Waals surface area contributed by atoms with Crippen molar-refractivity contribution in [1.82, 2.24) is 0 Å². The summed E-state index contributed by atoms with van der Waals surface area (Å²) in [5.74, 6) is 0. The van der Waals surface area contributed by atoms with E-state index < -0.39 is 5.41 Å². The van der Waals surface area contributed by atoms with Crippen molar-refractivity contribution in [3.8, 4) is 44.5 Å². The Morgan fingerprint density at radius 1 is 0.280 bits per heavy atom. The van der Waals surface area contributed by atoms with E-state index in [1.165, 1.54) is 156 Å². The van der Waals surface area contributed by atoms with E-state index in [2.05, 4.69) is 254 Å². The summed E-state index contributed by atoms with van der Waals surface area (Å²) < 4.78 is 0. The molecule has 4 aliphatic carbocycles. The molecular weight excluding hydrogens is 903 g/mol. The Hall–Kier alpha value is -9.04. The third kappa shape index (κ3) is 5.42. The second kappa shape index (κ2) is 15.3. The molecule has 0 atom stereocenters. The van der Waals surface area contributed by atoms with Gasteiger partial charge in [0, 0.05) is 16.7 Å². The summed E-state index contributed by atoms with van der Waals surface area (Å²) in [5, 5.41) is 12.7.